The fraction of sp³-hybridized carbons (Fsp3) is 1.00. The Labute approximate surface area is 86.3 Å². The van der Waals surface area contributed by atoms with Crippen molar-refractivity contribution >= 4 is 11.8 Å². The Morgan fingerprint density at radius 2 is 1.92 bits per heavy atom. The molecule has 1 nitrogen and oxygen atoms in total. The lowest BCUT2D eigenvalue weighted by Crippen LogP contribution is -2.19. The highest BCUT2D eigenvalue weighted by molar-refractivity contribution is 7.99. The highest BCUT2D eigenvalue weighted by Crippen LogP contribution is 2.39. The van der Waals surface area contributed by atoms with Crippen LogP contribution in [-0.2, 0) is 0 Å². The van der Waals surface area contributed by atoms with Gasteiger partial charge in [0.25, 0.3) is 0 Å². The molecular weight excluding hydrogens is 180 g/mol. The number of thioether (sulfide) groups is 1. The summed E-state index contributed by atoms with van der Waals surface area (Å²) in [5, 5.41) is 10.5. The molecule has 0 amide bonds. The first-order valence-corrected chi connectivity index (χ1v) is 6.42. The van der Waals surface area contributed by atoms with Crippen LogP contribution in [0.5, 0.6) is 0 Å². The van der Waals surface area contributed by atoms with Gasteiger partial charge in [0.2, 0.25) is 0 Å². The Kier molecular flexibility index (Phi) is 3.70. The SMILES string of the molecule is CS[C@H]1C[C@@H](CC(C)(C)C)[C@H](O)C1. The van der Waals surface area contributed by atoms with E-state index in [1.165, 1.54) is 6.42 Å². The van der Waals surface area contributed by atoms with Crippen LogP contribution in [0, 0.1) is 11.3 Å². The number of aliphatic hydroxyl groups is 1. The van der Waals surface area contributed by atoms with E-state index in [0.717, 1.165) is 12.8 Å². The Morgan fingerprint density at radius 3 is 2.31 bits per heavy atom. The third-order valence-electron chi connectivity index (χ3n) is 2.82. The van der Waals surface area contributed by atoms with E-state index in [-0.39, 0.29) is 6.10 Å². The van der Waals surface area contributed by atoms with Crippen LogP contribution in [0.15, 0.2) is 0 Å². The molecule has 13 heavy (non-hydrogen) atoms. The van der Waals surface area contributed by atoms with Crippen LogP contribution in [0.4, 0.5) is 0 Å². The van der Waals surface area contributed by atoms with E-state index in [1.54, 1.807) is 0 Å². The van der Waals surface area contributed by atoms with Gasteiger partial charge in [-0.05, 0) is 36.9 Å². The lowest BCUT2D eigenvalue weighted by molar-refractivity contribution is 0.106. The molecule has 2 heteroatoms. The van der Waals surface area contributed by atoms with Crippen LogP contribution >= 0.6 is 11.8 Å². The average molecular weight is 202 g/mol. The second-order valence-electron chi connectivity index (χ2n) is 5.42. The van der Waals surface area contributed by atoms with E-state index in [0.29, 0.717) is 16.6 Å². The molecular formula is C11H22OS. The predicted octanol–water partition coefficient (Wildman–Crippen LogP) is 2.93. The van der Waals surface area contributed by atoms with Crippen molar-refractivity contribution in [3.8, 4) is 0 Å². The van der Waals surface area contributed by atoms with E-state index in [4.69, 9.17) is 0 Å². The van der Waals surface area contributed by atoms with Gasteiger partial charge in [-0.25, -0.2) is 0 Å². The average Bonchev–Trinajstić information content (AvgIpc) is 2.29. The van der Waals surface area contributed by atoms with Gasteiger partial charge in [0.1, 0.15) is 0 Å². The minimum absolute atomic E-state index is 0.0447. The minimum Gasteiger partial charge on any atom is -0.393 e. The first kappa shape index (κ1) is 11.4. The largest absolute Gasteiger partial charge is 0.393 e. The maximum atomic E-state index is 9.84. The van der Waals surface area contributed by atoms with Gasteiger partial charge in [-0.15, -0.1) is 0 Å². The molecule has 1 fully saturated rings. The third kappa shape index (κ3) is 3.51. The number of rotatable bonds is 2. The Balaban J connectivity index is 2.44. The molecule has 1 aliphatic carbocycles. The standard InChI is InChI=1S/C11H22OS/c1-11(2,3)7-8-5-9(13-4)6-10(8)12/h8-10,12H,5-7H2,1-4H3/t8-,9-,10+/m0/s1. The van der Waals surface area contributed by atoms with Gasteiger partial charge in [0.15, 0.2) is 0 Å². The second-order valence-corrected chi connectivity index (χ2v) is 6.56. The molecule has 0 aliphatic heterocycles. The van der Waals surface area contributed by atoms with E-state index in [1.807, 2.05) is 11.8 Å². The van der Waals surface area contributed by atoms with Crippen molar-refractivity contribution < 1.29 is 5.11 Å². The van der Waals surface area contributed by atoms with Crippen LogP contribution < -0.4 is 0 Å². The molecule has 1 N–H and O–H groups in total. The summed E-state index contributed by atoms with van der Waals surface area (Å²) < 4.78 is 0. The van der Waals surface area contributed by atoms with Gasteiger partial charge >= 0.3 is 0 Å². The fourth-order valence-corrected chi connectivity index (χ4v) is 3.08. The molecule has 3 atom stereocenters. The maximum absolute atomic E-state index is 9.84. The zero-order valence-electron chi connectivity index (χ0n) is 9.21. The highest BCUT2D eigenvalue weighted by Gasteiger charge is 2.34. The first-order valence-electron chi connectivity index (χ1n) is 5.13. The van der Waals surface area contributed by atoms with Crippen molar-refractivity contribution in [1.82, 2.24) is 0 Å². The van der Waals surface area contributed by atoms with Crippen molar-refractivity contribution in [2.75, 3.05) is 6.26 Å². The van der Waals surface area contributed by atoms with Gasteiger partial charge in [-0.1, -0.05) is 20.8 Å². The quantitative estimate of drug-likeness (QED) is 0.743. The van der Waals surface area contributed by atoms with Gasteiger partial charge in [-0.3, -0.25) is 0 Å². The molecule has 0 spiro atoms. The normalized spacial score (nSPS) is 35.3. The Bertz CT molecular complexity index is 162. The number of hydrogen-bond donors (Lipinski definition) is 1. The summed E-state index contributed by atoms with van der Waals surface area (Å²) in [4.78, 5) is 0. The summed E-state index contributed by atoms with van der Waals surface area (Å²) >= 11 is 1.91. The summed E-state index contributed by atoms with van der Waals surface area (Å²) in [5.74, 6) is 0.539. The molecule has 78 valence electrons. The van der Waals surface area contributed by atoms with Crippen LogP contribution in [0.1, 0.15) is 40.0 Å². The van der Waals surface area contributed by atoms with Gasteiger partial charge in [0.05, 0.1) is 6.10 Å². The highest BCUT2D eigenvalue weighted by atomic mass is 32.2. The van der Waals surface area contributed by atoms with Crippen molar-refractivity contribution in [2.24, 2.45) is 11.3 Å². The summed E-state index contributed by atoms with van der Waals surface area (Å²) in [6.07, 6.45) is 5.47. The molecule has 0 unspecified atom stereocenters. The van der Waals surface area contributed by atoms with Crippen LogP contribution in [-0.4, -0.2) is 22.7 Å². The van der Waals surface area contributed by atoms with E-state index >= 15 is 0 Å². The predicted molar refractivity (Wildman–Crippen MR) is 60.1 cm³/mol. The topological polar surface area (TPSA) is 20.2 Å². The fourth-order valence-electron chi connectivity index (χ4n) is 2.25. The van der Waals surface area contributed by atoms with E-state index < -0.39 is 0 Å². The molecule has 0 heterocycles. The van der Waals surface area contributed by atoms with Crippen LogP contribution in [0.3, 0.4) is 0 Å². The van der Waals surface area contributed by atoms with E-state index in [9.17, 15) is 5.11 Å². The maximum Gasteiger partial charge on any atom is 0.0579 e. The zero-order chi connectivity index (χ0) is 10.1. The molecule has 0 radical (unpaired) electrons. The third-order valence-corrected chi connectivity index (χ3v) is 3.87. The molecule has 0 aromatic carbocycles. The van der Waals surface area contributed by atoms with Crippen molar-refractivity contribution in [3.63, 3.8) is 0 Å². The van der Waals surface area contributed by atoms with Crippen LogP contribution in [0.2, 0.25) is 0 Å². The Morgan fingerprint density at radius 1 is 1.31 bits per heavy atom. The lowest BCUT2D eigenvalue weighted by Gasteiger charge is -2.24. The number of aliphatic hydroxyl groups excluding tert-OH is 1. The smallest absolute Gasteiger partial charge is 0.0579 e. The monoisotopic (exact) mass is 202 g/mol. The zero-order valence-corrected chi connectivity index (χ0v) is 10.0. The molecule has 1 rings (SSSR count). The summed E-state index contributed by atoms with van der Waals surface area (Å²) in [7, 11) is 0. The van der Waals surface area contributed by atoms with Gasteiger partial charge in [-0.2, -0.15) is 11.8 Å². The summed E-state index contributed by atoms with van der Waals surface area (Å²) in [6.45, 7) is 6.77. The molecule has 1 saturated carbocycles. The van der Waals surface area contributed by atoms with Crippen molar-refractivity contribution in [3.05, 3.63) is 0 Å². The minimum atomic E-state index is -0.0447. The molecule has 0 saturated heterocycles. The first-order chi connectivity index (χ1) is 5.92. The molecule has 1 aliphatic rings. The van der Waals surface area contributed by atoms with Crippen molar-refractivity contribution in [1.29, 1.82) is 0 Å². The summed E-state index contributed by atoms with van der Waals surface area (Å²) in [5.41, 5.74) is 0.360. The lowest BCUT2D eigenvalue weighted by atomic mass is 9.83. The number of hydrogen-bond acceptors (Lipinski definition) is 2. The Hall–Kier alpha value is 0.310. The van der Waals surface area contributed by atoms with Gasteiger partial charge in [0, 0.05) is 5.25 Å². The summed E-state index contributed by atoms with van der Waals surface area (Å²) in [6, 6.07) is 0. The molecule has 0 aromatic heterocycles. The molecule has 0 bridgehead atoms. The van der Waals surface area contributed by atoms with Crippen molar-refractivity contribution in [2.45, 2.75) is 51.4 Å². The van der Waals surface area contributed by atoms with E-state index in [2.05, 4.69) is 27.0 Å². The second kappa shape index (κ2) is 4.22. The van der Waals surface area contributed by atoms with Crippen LogP contribution in [0.25, 0.3) is 0 Å². The van der Waals surface area contributed by atoms with Gasteiger partial charge < -0.3 is 5.11 Å². The molecule has 0 aromatic rings.